The molecule has 0 amide bonds. The summed E-state index contributed by atoms with van der Waals surface area (Å²) in [5.41, 5.74) is 1.56. The maximum Gasteiger partial charge on any atom is 0.183 e. The van der Waals surface area contributed by atoms with Crippen LogP contribution < -0.4 is 16.5 Å². The molecule has 4 N–H and O–H groups in total. The Morgan fingerprint density at radius 3 is 3.17 bits per heavy atom. The maximum atomic E-state index is 14.5. The number of allylic oxidation sites excluding steroid dienone is 2. The van der Waals surface area contributed by atoms with E-state index in [0.717, 1.165) is 38.0 Å². The number of rotatable bonds is 6. The molecule has 29 heavy (non-hydrogen) atoms. The zero-order valence-electron chi connectivity index (χ0n) is 16.2. The first-order valence-electron chi connectivity index (χ1n) is 9.64. The number of fused-ring (bicyclic) bond motifs is 1. The summed E-state index contributed by atoms with van der Waals surface area (Å²) < 4.78 is 19.6. The predicted octanol–water partition coefficient (Wildman–Crippen LogP) is 1.60. The van der Waals surface area contributed by atoms with Crippen LogP contribution in [-0.4, -0.2) is 65.4 Å². The average Bonchev–Trinajstić information content (AvgIpc) is 3.04. The molecule has 1 aromatic rings. The van der Waals surface area contributed by atoms with E-state index in [9.17, 15) is 4.39 Å². The number of likely N-dealkylation sites (tertiary alicyclic amines) is 1. The molecule has 1 aromatic heterocycles. The SMILES string of the molecule is COCCN1CCC[C@H](Nc2nc(C3=CN(N)C4NC=C(Cl)C=C34)ncc2F)C1. The van der Waals surface area contributed by atoms with Gasteiger partial charge in [0.05, 0.1) is 17.8 Å². The fourth-order valence-corrected chi connectivity index (χ4v) is 4.04. The minimum absolute atomic E-state index is 0.113. The highest BCUT2D eigenvalue weighted by atomic mass is 35.5. The number of hydrogen-bond acceptors (Lipinski definition) is 8. The van der Waals surface area contributed by atoms with Gasteiger partial charge >= 0.3 is 0 Å². The van der Waals surface area contributed by atoms with Gasteiger partial charge in [0.15, 0.2) is 17.5 Å². The van der Waals surface area contributed by atoms with E-state index in [-0.39, 0.29) is 18.0 Å². The van der Waals surface area contributed by atoms with Crippen molar-refractivity contribution in [3.05, 3.63) is 46.9 Å². The Morgan fingerprint density at radius 2 is 2.34 bits per heavy atom. The first kappa shape index (κ1) is 20.1. The zero-order valence-corrected chi connectivity index (χ0v) is 17.0. The molecule has 2 atom stereocenters. The van der Waals surface area contributed by atoms with Crippen molar-refractivity contribution in [2.75, 3.05) is 38.7 Å². The molecular weight excluding hydrogens is 397 g/mol. The number of hydrazine groups is 1. The van der Waals surface area contributed by atoms with Crippen LogP contribution >= 0.6 is 11.6 Å². The van der Waals surface area contributed by atoms with Crippen molar-refractivity contribution in [2.24, 2.45) is 5.84 Å². The fourth-order valence-electron chi connectivity index (χ4n) is 3.86. The molecule has 3 aliphatic heterocycles. The number of halogens is 2. The van der Waals surface area contributed by atoms with Gasteiger partial charge in [-0.15, -0.1) is 0 Å². The molecule has 0 saturated carbocycles. The van der Waals surface area contributed by atoms with Crippen LogP contribution in [0.5, 0.6) is 0 Å². The number of anilines is 1. The van der Waals surface area contributed by atoms with E-state index >= 15 is 0 Å². The minimum atomic E-state index is -0.476. The van der Waals surface area contributed by atoms with Crippen LogP contribution in [0.4, 0.5) is 10.2 Å². The van der Waals surface area contributed by atoms with Gasteiger partial charge in [-0.3, -0.25) is 9.91 Å². The average molecular weight is 422 g/mol. The summed E-state index contributed by atoms with van der Waals surface area (Å²) in [4.78, 5) is 11.0. The van der Waals surface area contributed by atoms with Crippen LogP contribution in [0.15, 0.2) is 35.3 Å². The number of ether oxygens (including phenoxy) is 1. The quantitative estimate of drug-likeness (QED) is 0.597. The van der Waals surface area contributed by atoms with Crippen molar-refractivity contribution >= 4 is 23.0 Å². The monoisotopic (exact) mass is 421 g/mol. The van der Waals surface area contributed by atoms with Gasteiger partial charge < -0.3 is 15.4 Å². The summed E-state index contributed by atoms with van der Waals surface area (Å²) in [6.07, 6.45) is 8.18. The number of nitrogens with one attached hydrogen (secondary N) is 2. The summed E-state index contributed by atoms with van der Waals surface area (Å²) >= 11 is 6.13. The third-order valence-corrected chi connectivity index (χ3v) is 5.52. The number of aromatic nitrogens is 2. The number of methoxy groups -OCH3 is 1. The van der Waals surface area contributed by atoms with Crippen LogP contribution in [0.25, 0.3) is 5.57 Å². The Balaban J connectivity index is 1.53. The van der Waals surface area contributed by atoms with Crippen molar-refractivity contribution in [2.45, 2.75) is 25.0 Å². The lowest BCUT2D eigenvalue weighted by Crippen LogP contribution is -2.43. The molecule has 1 fully saturated rings. The largest absolute Gasteiger partial charge is 0.383 e. The Morgan fingerprint density at radius 1 is 1.48 bits per heavy atom. The van der Waals surface area contributed by atoms with Crippen molar-refractivity contribution in [3.8, 4) is 0 Å². The highest BCUT2D eigenvalue weighted by Gasteiger charge is 2.32. The number of hydrogen-bond donors (Lipinski definition) is 3. The van der Waals surface area contributed by atoms with Crippen molar-refractivity contribution < 1.29 is 9.13 Å². The first-order chi connectivity index (χ1) is 14.0. The molecule has 4 rings (SSSR count). The standard InChI is InChI=1S/C19H25ClFN7O/c1-29-6-5-27-4-2-3-13(10-27)25-18-16(21)9-23-17(26-18)15-11-28(22)19-14(15)7-12(20)8-24-19/h7-9,11,13,19,24H,2-6,10,22H2,1H3,(H,23,25,26)/t13-,19?/m0/s1. The summed E-state index contributed by atoms with van der Waals surface area (Å²) in [7, 11) is 1.70. The summed E-state index contributed by atoms with van der Waals surface area (Å²) in [6, 6.07) is 0.113. The molecule has 1 unspecified atom stereocenters. The number of piperidine rings is 1. The van der Waals surface area contributed by atoms with Crippen LogP contribution in [-0.2, 0) is 4.74 Å². The lowest BCUT2D eigenvalue weighted by atomic mass is 10.0. The van der Waals surface area contributed by atoms with E-state index in [4.69, 9.17) is 22.2 Å². The van der Waals surface area contributed by atoms with Gasteiger partial charge in [-0.05, 0) is 25.5 Å². The van der Waals surface area contributed by atoms with Gasteiger partial charge in [0.25, 0.3) is 0 Å². The molecule has 0 aliphatic carbocycles. The lowest BCUT2D eigenvalue weighted by molar-refractivity contribution is 0.131. The predicted molar refractivity (Wildman–Crippen MR) is 110 cm³/mol. The molecule has 4 heterocycles. The molecule has 10 heteroatoms. The highest BCUT2D eigenvalue weighted by Crippen LogP contribution is 2.34. The normalized spacial score (nSPS) is 24.4. The molecule has 1 saturated heterocycles. The van der Waals surface area contributed by atoms with E-state index in [1.54, 1.807) is 19.5 Å². The van der Waals surface area contributed by atoms with Gasteiger partial charge in [-0.25, -0.2) is 20.2 Å². The van der Waals surface area contributed by atoms with Gasteiger partial charge in [0.1, 0.15) is 6.17 Å². The van der Waals surface area contributed by atoms with Gasteiger partial charge in [0.2, 0.25) is 0 Å². The van der Waals surface area contributed by atoms with E-state index < -0.39 is 5.82 Å². The van der Waals surface area contributed by atoms with Crippen LogP contribution in [0.1, 0.15) is 18.7 Å². The molecule has 0 radical (unpaired) electrons. The molecule has 0 bridgehead atoms. The second kappa shape index (κ2) is 8.66. The number of nitrogens with zero attached hydrogens (tertiary/aromatic N) is 4. The van der Waals surface area contributed by atoms with Gasteiger partial charge in [-0.1, -0.05) is 11.6 Å². The molecular formula is C19H25ClFN7O. The van der Waals surface area contributed by atoms with E-state index in [1.807, 2.05) is 6.08 Å². The first-order valence-corrected chi connectivity index (χ1v) is 10.0. The topological polar surface area (TPSA) is 91.6 Å². The Bertz CT molecular complexity index is 859. The van der Waals surface area contributed by atoms with Crippen molar-refractivity contribution in [1.82, 2.24) is 25.2 Å². The minimum Gasteiger partial charge on any atom is -0.383 e. The zero-order chi connectivity index (χ0) is 20.4. The lowest BCUT2D eigenvalue weighted by Gasteiger charge is -2.33. The van der Waals surface area contributed by atoms with Gasteiger partial charge in [0, 0.05) is 49.8 Å². The third-order valence-electron chi connectivity index (χ3n) is 5.30. The Kier molecular flexibility index (Phi) is 6.00. The Labute approximate surface area is 174 Å². The second-order valence-electron chi connectivity index (χ2n) is 7.36. The summed E-state index contributed by atoms with van der Waals surface area (Å²) in [6.45, 7) is 3.39. The molecule has 156 valence electrons. The number of dihydropyridines is 1. The second-order valence-corrected chi connectivity index (χ2v) is 7.79. The summed E-state index contributed by atoms with van der Waals surface area (Å²) in [5, 5.41) is 8.45. The van der Waals surface area contributed by atoms with Crippen molar-refractivity contribution in [1.29, 1.82) is 0 Å². The van der Waals surface area contributed by atoms with Crippen LogP contribution in [0.3, 0.4) is 0 Å². The molecule has 0 spiro atoms. The van der Waals surface area contributed by atoms with Crippen LogP contribution in [0, 0.1) is 5.82 Å². The summed E-state index contributed by atoms with van der Waals surface area (Å²) in [5.74, 6) is 6.18. The maximum absolute atomic E-state index is 14.5. The highest BCUT2D eigenvalue weighted by molar-refractivity contribution is 6.31. The smallest absolute Gasteiger partial charge is 0.183 e. The Hall–Kier alpha value is -2.20. The molecule has 0 aromatic carbocycles. The third kappa shape index (κ3) is 4.37. The van der Waals surface area contributed by atoms with Gasteiger partial charge in [-0.2, -0.15) is 0 Å². The van der Waals surface area contributed by atoms with E-state index in [2.05, 4.69) is 25.5 Å². The van der Waals surface area contributed by atoms with E-state index in [1.165, 1.54) is 11.2 Å². The molecule has 8 nitrogen and oxygen atoms in total. The van der Waals surface area contributed by atoms with Crippen LogP contribution in [0.2, 0.25) is 0 Å². The van der Waals surface area contributed by atoms with E-state index in [0.29, 0.717) is 23.0 Å². The number of nitrogens with two attached hydrogens (primary N) is 1. The fraction of sp³-hybridized carbons (Fsp3) is 0.474. The van der Waals surface area contributed by atoms with Crippen molar-refractivity contribution in [3.63, 3.8) is 0 Å². The molecule has 3 aliphatic rings.